The van der Waals surface area contributed by atoms with Crippen LogP contribution in [0.25, 0.3) is 0 Å². The van der Waals surface area contributed by atoms with Gasteiger partial charge in [0, 0.05) is 12.6 Å². The molecule has 0 amide bonds. The lowest BCUT2D eigenvalue weighted by Crippen LogP contribution is -1.94. The molecule has 0 fully saturated rings. The van der Waals surface area contributed by atoms with Crippen LogP contribution in [0.2, 0.25) is 0 Å². The van der Waals surface area contributed by atoms with E-state index in [1.54, 1.807) is 18.5 Å². The van der Waals surface area contributed by atoms with Crippen molar-refractivity contribution in [2.45, 2.75) is 6.42 Å². The molecule has 0 unspecified atom stereocenters. The Hall–Kier alpha value is -1.42. The lowest BCUT2D eigenvalue weighted by atomic mass is 10.1. The average Bonchev–Trinajstić information content (AvgIpc) is 2.66. The number of hydrogen-bond acceptors (Lipinski definition) is 1. The van der Waals surface area contributed by atoms with E-state index in [2.05, 4.69) is 10.2 Å². The first-order valence-electron chi connectivity index (χ1n) is 4.18. The van der Waals surface area contributed by atoms with E-state index in [-0.39, 0.29) is 12.4 Å². The zero-order chi connectivity index (χ0) is 9.97. The largest absolute Gasteiger partial charge is 0.285 e. The summed E-state index contributed by atoms with van der Waals surface area (Å²) in [5, 5.41) is 6.35. The van der Waals surface area contributed by atoms with Crippen LogP contribution < -0.4 is 0 Å². The average molecular weight is 231 g/mol. The third-order valence-corrected chi connectivity index (χ3v) is 1.98. The Labute approximate surface area is 91.7 Å². The number of hydrogen-bond donors (Lipinski definition) is 1. The Balaban J connectivity index is 0.00000112. The van der Waals surface area contributed by atoms with Gasteiger partial charge in [-0.3, -0.25) is 5.10 Å². The van der Waals surface area contributed by atoms with Gasteiger partial charge in [0.15, 0.2) is 11.6 Å². The summed E-state index contributed by atoms with van der Waals surface area (Å²) in [6.45, 7) is 0. The van der Waals surface area contributed by atoms with Gasteiger partial charge >= 0.3 is 0 Å². The summed E-state index contributed by atoms with van der Waals surface area (Å²) in [6, 6.07) is 4.16. The minimum absolute atomic E-state index is 0. The van der Waals surface area contributed by atoms with Crippen molar-refractivity contribution in [1.82, 2.24) is 10.2 Å². The molecular formula is C10H9ClF2N2. The minimum atomic E-state index is -0.814. The van der Waals surface area contributed by atoms with Crippen LogP contribution in [0.15, 0.2) is 30.6 Å². The molecule has 0 radical (unpaired) electrons. The van der Waals surface area contributed by atoms with E-state index < -0.39 is 11.6 Å². The third kappa shape index (κ3) is 2.53. The monoisotopic (exact) mass is 230 g/mol. The van der Waals surface area contributed by atoms with E-state index in [1.165, 1.54) is 6.07 Å². The lowest BCUT2D eigenvalue weighted by Gasteiger charge is -2.00. The molecular weight excluding hydrogens is 222 g/mol. The van der Waals surface area contributed by atoms with E-state index >= 15 is 0 Å². The Kier molecular flexibility index (Phi) is 3.80. The van der Waals surface area contributed by atoms with Crippen molar-refractivity contribution in [1.29, 1.82) is 0 Å². The maximum Gasteiger partial charge on any atom is 0.162 e. The van der Waals surface area contributed by atoms with Gasteiger partial charge in [-0.25, -0.2) is 8.78 Å². The highest BCUT2D eigenvalue weighted by atomic mass is 35.5. The molecule has 0 aliphatic carbocycles. The summed E-state index contributed by atoms with van der Waals surface area (Å²) in [5.41, 5.74) is 1.17. The number of nitrogens with one attached hydrogen (secondary N) is 1. The molecule has 2 rings (SSSR count). The smallest absolute Gasteiger partial charge is 0.162 e. The van der Waals surface area contributed by atoms with Crippen LogP contribution in [0, 0.1) is 11.6 Å². The van der Waals surface area contributed by atoms with Gasteiger partial charge in [-0.15, -0.1) is 12.4 Å². The molecule has 15 heavy (non-hydrogen) atoms. The zero-order valence-electron chi connectivity index (χ0n) is 7.71. The quantitative estimate of drug-likeness (QED) is 0.844. The molecule has 1 N–H and O–H groups in total. The van der Waals surface area contributed by atoms with Crippen molar-refractivity contribution < 1.29 is 8.78 Å². The van der Waals surface area contributed by atoms with Gasteiger partial charge in [0.2, 0.25) is 0 Å². The molecule has 5 heteroatoms. The molecule has 0 atom stereocenters. The minimum Gasteiger partial charge on any atom is -0.285 e. The Morgan fingerprint density at radius 1 is 1.27 bits per heavy atom. The van der Waals surface area contributed by atoms with E-state index in [9.17, 15) is 8.78 Å². The Morgan fingerprint density at radius 3 is 2.73 bits per heavy atom. The maximum absolute atomic E-state index is 13.2. The van der Waals surface area contributed by atoms with Crippen LogP contribution in [-0.4, -0.2) is 10.2 Å². The number of aromatic nitrogens is 2. The first-order chi connectivity index (χ1) is 6.77. The number of halogens is 3. The predicted molar refractivity (Wildman–Crippen MR) is 55.0 cm³/mol. The molecule has 2 nitrogen and oxygen atoms in total. The van der Waals surface area contributed by atoms with Gasteiger partial charge < -0.3 is 0 Å². The Bertz CT molecular complexity index is 429. The number of aromatic amines is 1. The van der Waals surface area contributed by atoms with Crippen LogP contribution in [-0.2, 0) is 6.42 Å². The van der Waals surface area contributed by atoms with Crippen LogP contribution in [0.4, 0.5) is 8.78 Å². The lowest BCUT2D eigenvalue weighted by molar-refractivity contribution is 0.501. The summed E-state index contributed by atoms with van der Waals surface area (Å²) in [4.78, 5) is 0. The molecule has 0 spiro atoms. The highest BCUT2D eigenvalue weighted by Crippen LogP contribution is 2.14. The fourth-order valence-electron chi connectivity index (χ4n) is 1.28. The first-order valence-corrected chi connectivity index (χ1v) is 4.18. The number of benzene rings is 1. The fourth-order valence-corrected chi connectivity index (χ4v) is 1.28. The zero-order valence-corrected chi connectivity index (χ0v) is 8.52. The van der Waals surface area contributed by atoms with Gasteiger partial charge in [-0.2, -0.15) is 5.10 Å². The maximum atomic E-state index is 13.2. The summed E-state index contributed by atoms with van der Waals surface area (Å²) in [6.07, 6.45) is 3.59. The molecule has 0 saturated carbocycles. The van der Waals surface area contributed by atoms with Crippen LogP contribution in [0.3, 0.4) is 0 Å². The number of nitrogens with zero attached hydrogens (tertiary/aromatic N) is 1. The molecule has 0 aliphatic rings. The molecule has 1 aromatic heterocycles. The number of H-pyrrole nitrogens is 1. The van der Waals surface area contributed by atoms with Crippen molar-refractivity contribution in [2.24, 2.45) is 0 Å². The van der Waals surface area contributed by atoms with Gasteiger partial charge in [-0.05, 0) is 17.2 Å². The summed E-state index contributed by atoms with van der Waals surface area (Å²) >= 11 is 0. The molecule has 1 aromatic carbocycles. The Morgan fingerprint density at radius 2 is 2.07 bits per heavy atom. The SMILES string of the molecule is Cl.Fc1cccc(Cc2cn[nH]c2)c1F. The van der Waals surface area contributed by atoms with E-state index in [0.717, 1.165) is 11.6 Å². The summed E-state index contributed by atoms with van der Waals surface area (Å²) in [7, 11) is 0. The first kappa shape index (κ1) is 11.7. The van der Waals surface area contributed by atoms with Crippen LogP contribution >= 0.6 is 12.4 Å². The molecule has 0 bridgehead atoms. The molecule has 0 aliphatic heterocycles. The van der Waals surface area contributed by atoms with Crippen molar-refractivity contribution in [3.63, 3.8) is 0 Å². The van der Waals surface area contributed by atoms with Gasteiger partial charge in [0.1, 0.15) is 0 Å². The van der Waals surface area contributed by atoms with Gasteiger partial charge in [-0.1, -0.05) is 12.1 Å². The van der Waals surface area contributed by atoms with Crippen molar-refractivity contribution in [2.75, 3.05) is 0 Å². The topological polar surface area (TPSA) is 28.7 Å². The second-order valence-electron chi connectivity index (χ2n) is 3.00. The fraction of sp³-hybridized carbons (Fsp3) is 0.100. The molecule has 2 aromatic rings. The van der Waals surface area contributed by atoms with Crippen molar-refractivity contribution >= 4 is 12.4 Å². The van der Waals surface area contributed by atoms with Crippen LogP contribution in [0.1, 0.15) is 11.1 Å². The van der Waals surface area contributed by atoms with E-state index in [0.29, 0.717) is 12.0 Å². The predicted octanol–water partition coefficient (Wildman–Crippen LogP) is 2.70. The molecule has 80 valence electrons. The normalized spacial score (nSPS) is 9.73. The highest BCUT2D eigenvalue weighted by molar-refractivity contribution is 5.85. The second kappa shape index (κ2) is 4.89. The number of rotatable bonds is 2. The summed E-state index contributed by atoms with van der Waals surface area (Å²) < 4.78 is 26.0. The van der Waals surface area contributed by atoms with E-state index in [4.69, 9.17) is 0 Å². The van der Waals surface area contributed by atoms with E-state index in [1.807, 2.05) is 0 Å². The van der Waals surface area contributed by atoms with Gasteiger partial charge in [0.05, 0.1) is 6.20 Å². The summed E-state index contributed by atoms with van der Waals surface area (Å²) in [5.74, 6) is -1.60. The standard InChI is InChI=1S/C10H8F2N2.ClH/c11-9-3-1-2-8(10(9)12)4-7-5-13-14-6-7;/h1-3,5-6H,4H2,(H,13,14);1H. The second-order valence-corrected chi connectivity index (χ2v) is 3.00. The molecule has 0 saturated heterocycles. The highest BCUT2D eigenvalue weighted by Gasteiger charge is 2.07. The van der Waals surface area contributed by atoms with Crippen molar-refractivity contribution in [3.05, 3.63) is 53.4 Å². The third-order valence-electron chi connectivity index (χ3n) is 1.98. The van der Waals surface area contributed by atoms with Crippen molar-refractivity contribution in [3.8, 4) is 0 Å². The van der Waals surface area contributed by atoms with Gasteiger partial charge in [0.25, 0.3) is 0 Å². The molecule has 1 heterocycles. The van der Waals surface area contributed by atoms with Crippen LogP contribution in [0.5, 0.6) is 0 Å².